The van der Waals surface area contributed by atoms with Crippen molar-refractivity contribution in [3.8, 4) is 55.9 Å². The third-order valence-corrected chi connectivity index (χ3v) is 17.2. The highest BCUT2D eigenvalue weighted by Gasteiger charge is 2.36. The Kier molecular flexibility index (Phi) is 8.84. The number of aromatic nitrogens is 2. The molecule has 0 N–H and O–H groups in total. The fourth-order valence-electron chi connectivity index (χ4n) is 13.0. The average molecular weight is 1030 g/mol. The van der Waals surface area contributed by atoms with Crippen molar-refractivity contribution < 1.29 is 8.83 Å². The van der Waals surface area contributed by atoms with Gasteiger partial charge in [0.25, 0.3) is 0 Å². The van der Waals surface area contributed by atoms with Crippen LogP contribution >= 0.6 is 15.9 Å². The first-order valence-electron chi connectivity index (χ1n) is 25.8. The van der Waals surface area contributed by atoms with Crippen molar-refractivity contribution in [1.29, 1.82) is 0 Å². The number of furan rings is 2. The zero-order chi connectivity index (χ0) is 49.8. The lowest BCUT2D eigenvalue weighted by atomic mass is 9.82. The maximum Gasteiger partial charge on any atom is 0.144 e. The molecule has 0 radical (unpaired) electrons. The minimum Gasteiger partial charge on any atom is -0.455 e. The van der Waals surface area contributed by atoms with Crippen LogP contribution in [0.4, 0.5) is 0 Å². The molecular weight excluding hydrogens is 981 g/mol. The molecule has 4 nitrogen and oxygen atoms in total. The van der Waals surface area contributed by atoms with Crippen molar-refractivity contribution in [2.24, 2.45) is 0 Å². The van der Waals surface area contributed by atoms with Gasteiger partial charge in [0.2, 0.25) is 0 Å². The summed E-state index contributed by atoms with van der Waals surface area (Å²) in [6.45, 7) is 6.92. The van der Waals surface area contributed by atoms with E-state index in [1.807, 2.05) is 0 Å². The molecule has 15 aromatic rings. The molecule has 0 amide bonds. The van der Waals surface area contributed by atoms with E-state index >= 15 is 0 Å². The van der Waals surface area contributed by atoms with E-state index in [2.05, 4.69) is 264 Å². The van der Waals surface area contributed by atoms with E-state index in [4.69, 9.17) is 8.83 Å². The Morgan fingerprint density at radius 1 is 0.360 bits per heavy atom. The van der Waals surface area contributed by atoms with Crippen molar-refractivity contribution >= 4 is 103 Å². The summed E-state index contributed by atoms with van der Waals surface area (Å²) in [5, 5.41) is 9.31. The topological polar surface area (TPSA) is 36.1 Å². The maximum atomic E-state index is 7.01. The van der Waals surface area contributed by atoms with Crippen molar-refractivity contribution in [3.63, 3.8) is 0 Å². The summed E-state index contributed by atoms with van der Waals surface area (Å²) in [4.78, 5) is 0. The summed E-state index contributed by atoms with van der Waals surface area (Å²) in [7, 11) is 0. The predicted octanol–water partition coefficient (Wildman–Crippen LogP) is 20.1. The van der Waals surface area contributed by atoms with E-state index in [0.717, 1.165) is 93.2 Å². The standard InChI is InChI=1S/C70H45BrN2O2/c1-40-27-30-47(68-65(40)51-21-9-12-25-63(51)74-68)43-29-34-61-54(37-43)55-38-52-49-19-7-10-23-56(49)70(2,3)57(52)39-62(55)73(61)45-18-13-15-41(35-45)46-22-14-26-64-66(46)67-58(71)32-31-48(69(67)75-64)42-28-33-60-53(36-42)50-20-8-11-24-59(50)72(60)44-16-5-4-6-17-44/h4-39H,1-3H3. The molecule has 75 heavy (non-hydrogen) atoms. The van der Waals surface area contributed by atoms with Gasteiger partial charge < -0.3 is 18.0 Å². The zero-order valence-corrected chi connectivity index (χ0v) is 43.0. The van der Waals surface area contributed by atoms with Crippen LogP contribution in [0.1, 0.15) is 30.5 Å². The van der Waals surface area contributed by atoms with Gasteiger partial charge in [0.15, 0.2) is 0 Å². The summed E-state index contributed by atoms with van der Waals surface area (Å²) in [6.07, 6.45) is 0. The lowest BCUT2D eigenvalue weighted by molar-refractivity contribution is 0.661. The molecule has 0 bridgehead atoms. The highest BCUT2D eigenvalue weighted by atomic mass is 79.9. The van der Waals surface area contributed by atoms with E-state index in [1.54, 1.807) is 0 Å². The Morgan fingerprint density at radius 2 is 0.947 bits per heavy atom. The number of nitrogens with zero attached hydrogens (tertiary/aromatic N) is 2. The number of para-hydroxylation sites is 3. The van der Waals surface area contributed by atoms with Crippen molar-refractivity contribution in [3.05, 3.63) is 240 Å². The normalized spacial score (nSPS) is 13.2. The average Bonchev–Trinajstić information content (AvgIpc) is 4.35. The summed E-state index contributed by atoms with van der Waals surface area (Å²) in [5.74, 6) is 0. The first-order chi connectivity index (χ1) is 36.8. The van der Waals surface area contributed by atoms with E-state index in [1.165, 1.54) is 71.3 Å². The van der Waals surface area contributed by atoms with Crippen LogP contribution in [0.3, 0.4) is 0 Å². The molecule has 5 heteroatoms. The molecule has 1 aliphatic rings. The first kappa shape index (κ1) is 42.6. The highest BCUT2D eigenvalue weighted by Crippen LogP contribution is 2.52. The molecule has 0 saturated carbocycles. The Bertz CT molecular complexity index is 4950. The Labute approximate surface area is 440 Å². The smallest absolute Gasteiger partial charge is 0.144 e. The molecule has 0 atom stereocenters. The molecule has 0 unspecified atom stereocenters. The Hall–Kier alpha value is -8.90. The van der Waals surface area contributed by atoms with Crippen LogP contribution in [-0.2, 0) is 5.41 Å². The van der Waals surface area contributed by atoms with Gasteiger partial charge in [-0.05, 0) is 148 Å². The van der Waals surface area contributed by atoms with Gasteiger partial charge in [-0.3, -0.25) is 0 Å². The monoisotopic (exact) mass is 1020 g/mol. The van der Waals surface area contributed by atoms with Gasteiger partial charge in [-0.1, -0.05) is 157 Å². The number of rotatable bonds is 5. The number of aryl methyl sites for hydroxylation is 1. The van der Waals surface area contributed by atoms with Gasteiger partial charge in [0, 0.05) is 75.5 Å². The third kappa shape index (κ3) is 5.99. The van der Waals surface area contributed by atoms with Crippen molar-refractivity contribution in [1.82, 2.24) is 9.13 Å². The molecule has 11 aromatic carbocycles. The van der Waals surface area contributed by atoms with Crippen LogP contribution in [0.15, 0.2) is 232 Å². The number of benzene rings is 11. The van der Waals surface area contributed by atoms with Crippen LogP contribution < -0.4 is 0 Å². The van der Waals surface area contributed by atoms with Crippen LogP contribution in [0.25, 0.3) is 143 Å². The summed E-state index contributed by atoms with van der Waals surface area (Å²) < 4.78 is 19.5. The van der Waals surface area contributed by atoms with E-state index < -0.39 is 0 Å². The molecule has 4 heterocycles. The van der Waals surface area contributed by atoms with Gasteiger partial charge in [0.05, 0.1) is 22.1 Å². The van der Waals surface area contributed by atoms with Gasteiger partial charge in [-0.25, -0.2) is 0 Å². The summed E-state index contributed by atoms with van der Waals surface area (Å²) in [6, 6.07) is 79.8. The fourth-order valence-corrected chi connectivity index (χ4v) is 13.5. The SMILES string of the molecule is Cc1ccc(-c2ccc3c(c2)c2cc4c(cc2n3-c2cccc(-c3cccc5oc6c(-c7ccc8c(c7)c7ccccc7n8-c7ccccc7)ccc(Br)c6c35)c2)C(C)(C)c2ccccc2-4)c2oc3ccccc3c12. The third-order valence-electron chi connectivity index (χ3n) is 16.5. The molecule has 354 valence electrons. The van der Waals surface area contributed by atoms with Gasteiger partial charge in [0.1, 0.15) is 22.3 Å². The number of halogens is 1. The Morgan fingerprint density at radius 3 is 1.77 bits per heavy atom. The quantitative estimate of drug-likeness (QED) is 0.172. The second-order valence-electron chi connectivity index (χ2n) is 20.9. The summed E-state index contributed by atoms with van der Waals surface area (Å²) in [5.41, 5.74) is 23.4. The van der Waals surface area contributed by atoms with E-state index in [9.17, 15) is 0 Å². The number of hydrogen-bond acceptors (Lipinski definition) is 2. The first-order valence-corrected chi connectivity index (χ1v) is 26.6. The van der Waals surface area contributed by atoms with Gasteiger partial charge in [-0.15, -0.1) is 0 Å². The van der Waals surface area contributed by atoms with Crippen LogP contribution in [0.2, 0.25) is 0 Å². The Balaban J connectivity index is 0.885. The lowest BCUT2D eigenvalue weighted by Gasteiger charge is -2.21. The minimum absolute atomic E-state index is 0.166. The van der Waals surface area contributed by atoms with Crippen molar-refractivity contribution in [2.45, 2.75) is 26.2 Å². The second kappa shape index (κ2) is 15.6. The zero-order valence-electron chi connectivity index (χ0n) is 41.4. The predicted molar refractivity (Wildman–Crippen MR) is 316 cm³/mol. The molecule has 0 fully saturated rings. The molecule has 4 aromatic heterocycles. The van der Waals surface area contributed by atoms with Crippen LogP contribution in [0.5, 0.6) is 0 Å². The van der Waals surface area contributed by atoms with Crippen LogP contribution in [-0.4, -0.2) is 9.13 Å². The highest BCUT2D eigenvalue weighted by molar-refractivity contribution is 9.10. The van der Waals surface area contributed by atoms with E-state index in [0.29, 0.717) is 0 Å². The largest absolute Gasteiger partial charge is 0.455 e. The van der Waals surface area contributed by atoms with Gasteiger partial charge >= 0.3 is 0 Å². The lowest BCUT2D eigenvalue weighted by Crippen LogP contribution is -2.14. The molecule has 16 rings (SSSR count). The second-order valence-corrected chi connectivity index (χ2v) is 21.8. The number of hydrogen-bond donors (Lipinski definition) is 0. The number of fused-ring (bicyclic) bond motifs is 15. The van der Waals surface area contributed by atoms with Crippen molar-refractivity contribution in [2.75, 3.05) is 0 Å². The van der Waals surface area contributed by atoms with E-state index in [-0.39, 0.29) is 5.41 Å². The van der Waals surface area contributed by atoms with Crippen LogP contribution in [0, 0.1) is 6.92 Å². The maximum absolute atomic E-state index is 7.01. The molecule has 0 aliphatic heterocycles. The molecular formula is C70H45BrN2O2. The summed E-state index contributed by atoms with van der Waals surface area (Å²) >= 11 is 4.03. The minimum atomic E-state index is -0.166. The molecule has 0 spiro atoms. The molecule has 1 aliphatic carbocycles. The molecule has 0 saturated heterocycles. The van der Waals surface area contributed by atoms with Gasteiger partial charge in [-0.2, -0.15) is 0 Å². The fraction of sp³-hybridized carbons (Fsp3) is 0.0571.